The molecule has 0 saturated carbocycles. The number of nitrogens with one attached hydrogen (secondary N) is 1. The van der Waals surface area contributed by atoms with E-state index in [1.165, 1.54) is 4.90 Å². The Morgan fingerprint density at radius 1 is 1.06 bits per heavy atom. The molecule has 0 atom stereocenters. The lowest BCUT2D eigenvalue weighted by molar-refractivity contribution is -0.116. The van der Waals surface area contributed by atoms with Crippen LogP contribution in [0.3, 0.4) is 0 Å². The minimum atomic E-state index is -0.319. The molecule has 3 aromatic rings. The molecular formula is C25H28N4O4. The van der Waals surface area contributed by atoms with Crippen LogP contribution >= 0.6 is 0 Å². The molecule has 2 amide bonds. The number of hydrogen-bond acceptors (Lipinski definition) is 5. The molecule has 0 fully saturated rings. The van der Waals surface area contributed by atoms with Gasteiger partial charge in [0.2, 0.25) is 12.7 Å². The number of likely N-dealkylation sites (N-methyl/N-ethyl adjacent to an activating group) is 1. The van der Waals surface area contributed by atoms with Gasteiger partial charge in [0, 0.05) is 24.1 Å². The zero-order valence-electron chi connectivity index (χ0n) is 19.5. The van der Waals surface area contributed by atoms with Gasteiger partial charge in [-0.1, -0.05) is 38.5 Å². The molecule has 0 radical (unpaired) electrons. The number of anilines is 1. The number of aromatic nitrogens is 2. The summed E-state index contributed by atoms with van der Waals surface area (Å²) in [4.78, 5) is 27.0. The predicted octanol–water partition coefficient (Wildman–Crippen LogP) is 3.92. The average molecular weight is 449 g/mol. The number of carbonyl (C=O) groups is 2. The van der Waals surface area contributed by atoms with Crippen LogP contribution in [-0.2, 0) is 10.2 Å². The number of rotatable bonds is 5. The van der Waals surface area contributed by atoms with Crippen molar-refractivity contribution in [2.24, 2.45) is 0 Å². The van der Waals surface area contributed by atoms with Gasteiger partial charge in [0.1, 0.15) is 5.82 Å². The first-order chi connectivity index (χ1) is 15.6. The average Bonchev–Trinajstić information content (AvgIpc) is 3.40. The van der Waals surface area contributed by atoms with Gasteiger partial charge in [-0.15, -0.1) is 0 Å². The van der Waals surface area contributed by atoms with Crippen molar-refractivity contribution in [3.63, 3.8) is 0 Å². The van der Waals surface area contributed by atoms with Crippen molar-refractivity contribution >= 4 is 17.6 Å². The van der Waals surface area contributed by atoms with E-state index in [0.717, 1.165) is 16.9 Å². The second kappa shape index (κ2) is 8.61. The van der Waals surface area contributed by atoms with Gasteiger partial charge in [-0.25, -0.2) is 4.68 Å². The van der Waals surface area contributed by atoms with Crippen molar-refractivity contribution in [2.45, 2.75) is 33.1 Å². The van der Waals surface area contributed by atoms with E-state index in [0.29, 0.717) is 22.9 Å². The second-order valence-corrected chi connectivity index (χ2v) is 9.19. The van der Waals surface area contributed by atoms with E-state index >= 15 is 0 Å². The number of amides is 2. The third kappa shape index (κ3) is 4.84. The molecule has 0 saturated heterocycles. The third-order valence-corrected chi connectivity index (χ3v) is 5.37. The summed E-state index contributed by atoms with van der Waals surface area (Å²) in [5.74, 6) is 1.07. The highest BCUT2D eigenvalue weighted by Crippen LogP contribution is 2.32. The molecule has 2 heterocycles. The summed E-state index contributed by atoms with van der Waals surface area (Å²) < 4.78 is 12.3. The van der Waals surface area contributed by atoms with Gasteiger partial charge in [0.15, 0.2) is 11.5 Å². The highest BCUT2D eigenvalue weighted by atomic mass is 16.7. The molecule has 1 aromatic heterocycles. The molecule has 2 aromatic carbocycles. The monoisotopic (exact) mass is 448 g/mol. The number of benzene rings is 2. The third-order valence-electron chi connectivity index (χ3n) is 5.37. The zero-order valence-corrected chi connectivity index (χ0v) is 19.5. The Bertz CT molecular complexity index is 1190. The number of aryl methyl sites for hydroxylation is 1. The first kappa shape index (κ1) is 22.4. The number of ether oxygens (including phenoxy) is 2. The Morgan fingerprint density at radius 3 is 2.45 bits per heavy atom. The zero-order chi connectivity index (χ0) is 23.8. The number of hydrogen-bond donors (Lipinski definition) is 1. The second-order valence-electron chi connectivity index (χ2n) is 9.19. The maximum Gasteiger partial charge on any atom is 0.254 e. The molecule has 8 nitrogen and oxygen atoms in total. The number of carbonyl (C=O) groups excluding carboxylic acids is 2. The fourth-order valence-corrected chi connectivity index (χ4v) is 3.44. The summed E-state index contributed by atoms with van der Waals surface area (Å²) in [6, 6.07) is 14.8. The Morgan fingerprint density at radius 2 is 1.76 bits per heavy atom. The Balaban J connectivity index is 1.51. The summed E-state index contributed by atoms with van der Waals surface area (Å²) in [5, 5.41) is 7.64. The van der Waals surface area contributed by atoms with Crippen LogP contribution in [0.4, 0.5) is 5.82 Å². The van der Waals surface area contributed by atoms with E-state index in [-0.39, 0.29) is 30.6 Å². The normalized spacial score (nSPS) is 12.5. The molecule has 0 bridgehead atoms. The fraction of sp³-hybridized carbons (Fsp3) is 0.320. The lowest BCUT2D eigenvalue weighted by Crippen LogP contribution is -2.35. The van der Waals surface area contributed by atoms with Crippen molar-refractivity contribution < 1.29 is 19.1 Å². The summed E-state index contributed by atoms with van der Waals surface area (Å²) in [6.45, 7) is 8.24. The highest BCUT2D eigenvalue weighted by molar-refractivity contribution is 5.99. The van der Waals surface area contributed by atoms with E-state index < -0.39 is 0 Å². The summed E-state index contributed by atoms with van der Waals surface area (Å²) in [5.41, 5.74) is 3.06. The van der Waals surface area contributed by atoms with Crippen molar-refractivity contribution in [3.8, 4) is 17.2 Å². The molecule has 4 rings (SSSR count). The molecular weight excluding hydrogens is 420 g/mol. The van der Waals surface area contributed by atoms with Crippen LogP contribution in [0.15, 0.2) is 48.5 Å². The molecule has 8 heteroatoms. The molecule has 0 spiro atoms. The van der Waals surface area contributed by atoms with Crippen LogP contribution in [0.5, 0.6) is 11.5 Å². The van der Waals surface area contributed by atoms with Gasteiger partial charge in [-0.05, 0) is 37.3 Å². The molecule has 1 N–H and O–H groups in total. The Hall–Kier alpha value is -3.81. The lowest BCUT2D eigenvalue weighted by Gasteiger charge is -2.17. The highest BCUT2D eigenvalue weighted by Gasteiger charge is 2.23. The van der Waals surface area contributed by atoms with Gasteiger partial charge in [0.05, 0.1) is 17.9 Å². The topological polar surface area (TPSA) is 85.7 Å². The van der Waals surface area contributed by atoms with E-state index in [4.69, 9.17) is 14.6 Å². The van der Waals surface area contributed by atoms with E-state index in [1.54, 1.807) is 29.9 Å². The number of nitrogens with zero attached hydrogens (tertiary/aromatic N) is 3. The molecule has 172 valence electrons. The Kier molecular flexibility index (Phi) is 5.84. The van der Waals surface area contributed by atoms with Crippen molar-refractivity contribution in [1.29, 1.82) is 0 Å². The van der Waals surface area contributed by atoms with Crippen LogP contribution in [0, 0.1) is 6.92 Å². The molecule has 1 aliphatic heterocycles. The summed E-state index contributed by atoms with van der Waals surface area (Å²) >= 11 is 0. The summed E-state index contributed by atoms with van der Waals surface area (Å²) in [6.07, 6.45) is 0. The SMILES string of the molecule is Cc1ccc(-n2nc(C(C)(C)C)cc2NC(=O)CN(C)C(=O)c2ccc3c(c2)OCO3)cc1. The maximum absolute atomic E-state index is 12.9. The smallest absolute Gasteiger partial charge is 0.254 e. The van der Waals surface area contributed by atoms with Crippen LogP contribution in [0.25, 0.3) is 5.69 Å². The van der Waals surface area contributed by atoms with Crippen LogP contribution in [-0.4, -0.2) is 46.9 Å². The number of fused-ring (bicyclic) bond motifs is 1. The van der Waals surface area contributed by atoms with Crippen LogP contribution in [0.2, 0.25) is 0 Å². The van der Waals surface area contributed by atoms with Gasteiger partial charge in [-0.2, -0.15) is 5.10 Å². The Labute approximate surface area is 193 Å². The maximum atomic E-state index is 12.9. The van der Waals surface area contributed by atoms with Crippen LogP contribution < -0.4 is 14.8 Å². The lowest BCUT2D eigenvalue weighted by atomic mass is 9.92. The molecule has 1 aliphatic rings. The molecule has 33 heavy (non-hydrogen) atoms. The quantitative estimate of drug-likeness (QED) is 0.640. The van der Waals surface area contributed by atoms with E-state index in [9.17, 15) is 9.59 Å². The van der Waals surface area contributed by atoms with Gasteiger partial charge in [0.25, 0.3) is 5.91 Å². The first-order valence-electron chi connectivity index (χ1n) is 10.7. The van der Waals surface area contributed by atoms with Crippen LogP contribution in [0.1, 0.15) is 42.4 Å². The standard InChI is InChI=1S/C25H28N4O4/c1-16-6-9-18(10-7-16)29-22(13-21(27-29)25(2,3)4)26-23(30)14-28(5)24(31)17-8-11-19-20(12-17)33-15-32-19/h6-13H,14-15H2,1-5H3,(H,26,30). The van der Waals surface area contributed by atoms with Gasteiger partial charge < -0.3 is 19.7 Å². The van der Waals surface area contributed by atoms with Crippen molar-refractivity contribution in [3.05, 3.63) is 65.4 Å². The minimum absolute atomic E-state index is 0.114. The van der Waals surface area contributed by atoms with Crippen molar-refractivity contribution in [2.75, 3.05) is 25.7 Å². The van der Waals surface area contributed by atoms with E-state index in [2.05, 4.69) is 26.1 Å². The largest absolute Gasteiger partial charge is 0.454 e. The first-order valence-corrected chi connectivity index (χ1v) is 10.7. The van der Waals surface area contributed by atoms with Gasteiger partial charge in [-0.3, -0.25) is 9.59 Å². The predicted molar refractivity (Wildman–Crippen MR) is 125 cm³/mol. The van der Waals surface area contributed by atoms with Crippen molar-refractivity contribution in [1.82, 2.24) is 14.7 Å². The fourth-order valence-electron chi connectivity index (χ4n) is 3.44. The molecule has 0 aliphatic carbocycles. The van der Waals surface area contributed by atoms with Gasteiger partial charge >= 0.3 is 0 Å². The molecule has 0 unspecified atom stereocenters. The summed E-state index contributed by atoms with van der Waals surface area (Å²) in [7, 11) is 1.59. The van der Waals surface area contributed by atoms with E-state index in [1.807, 2.05) is 37.3 Å². The minimum Gasteiger partial charge on any atom is -0.454 e.